The van der Waals surface area contributed by atoms with E-state index < -0.39 is 0 Å². The summed E-state index contributed by atoms with van der Waals surface area (Å²) in [5, 5.41) is 4.51. The summed E-state index contributed by atoms with van der Waals surface area (Å²) in [6.07, 6.45) is 5.09. The Labute approximate surface area is 127 Å². The Bertz CT molecular complexity index is 435. The van der Waals surface area contributed by atoms with Crippen molar-refractivity contribution in [3.8, 4) is 5.75 Å². The first-order valence-electron chi connectivity index (χ1n) is 7.74. The number of hydrogen-bond acceptors (Lipinski definition) is 2. The van der Waals surface area contributed by atoms with Crippen molar-refractivity contribution in [3.05, 3.63) is 28.8 Å². The Balaban J connectivity index is 2.32. The van der Waals surface area contributed by atoms with Crippen molar-refractivity contribution >= 4 is 11.6 Å². The summed E-state index contributed by atoms with van der Waals surface area (Å²) in [7, 11) is 1.74. The summed E-state index contributed by atoms with van der Waals surface area (Å²) in [4.78, 5) is 0. The molecule has 1 saturated carbocycles. The van der Waals surface area contributed by atoms with Crippen LogP contribution >= 0.6 is 11.6 Å². The van der Waals surface area contributed by atoms with Gasteiger partial charge in [0.25, 0.3) is 0 Å². The van der Waals surface area contributed by atoms with Crippen molar-refractivity contribution in [2.75, 3.05) is 13.7 Å². The van der Waals surface area contributed by atoms with Gasteiger partial charge in [-0.2, -0.15) is 0 Å². The molecule has 1 aromatic rings. The Morgan fingerprint density at radius 2 is 2.20 bits per heavy atom. The molecule has 0 heterocycles. The van der Waals surface area contributed by atoms with Crippen molar-refractivity contribution in [1.29, 1.82) is 0 Å². The number of methoxy groups -OCH3 is 1. The zero-order chi connectivity index (χ0) is 14.5. The number of rotatable bonds is 6. The average Bonchev–Trinajstić information content (AvgIpc) is 2.86. The van der Waals surface area contributed by atoms with Gasteiger partial charge in [0.05, 0.1) is 7.11 Å². The molecule has 0 bridgehead atoms. The van der Waals surface area contributed by atoms with Gasteiger partial charge >= 0.3 is 0 Å². The van der Waals surface area contributed by atoms with E-state index in [-0.39, 0.29) is 0 Å². The summed E-state index contributed by atoms with van der Waals surface area (Å²) in [6.45, 7) is 5.61. The van der Waals surface area contributed by atoms with E-state index in [4.69, 9.17) is 16.3 Å². The molecule has 0 radical (unpaired) electrons. The predicted molar refractivity (Wildman–Crippen MR) is 85.5 cm³/mol. The normalized spacial score (nSPS) is 23.8. The van der Waals surface area contributed by atoms with Gasteiger partial charge < -0.3 is 10.1 Å². The molecular weight excluding hydrogens is 270 g/mol. The number of nitrogens with one attached hydrogen (secondary N) is 1. The van der Waals surface area contributed by atoms with Crippen molar-refractivity contribution in [2.24, 2.45) is 11.8 Å². The topological polar surface area (TPSA) is 21.3 Å². The highest BCUT2D eigenvalue weighted by molar-refractivity contribution is 6.30. The number of hydrogen-bond donors (Lipinski definition) is 1. The molecule has 3 unspecified atom stereocenters. The van der Waals surface area contributed by atoms with Crippen molar-refractivity contribution in [2.45, 2.75) is 45.6 Å². The van der Waals surface area contributed by atoms with E-state index in [0.717, 1.165) is 29.7 Å². The van der Waals surface area contributed by atoms with Crippen LogP contribution in [0.1, 0.15) is 51.1 Å². The summed E-state index contributed by atoms with van der Waals surface area (Å²) >= 11 is 6.21. The monoisotopic (exact) mass is 295 g/mol. The third kappa shape index (κ3) is 3.48. The van der Waals surface area contributed by atoms with Gasteiger partial charge in [-0.15, -0.1) is 0 Å². The highest BCUT2D eigenvalue weighted by Crippen LogP contribution is 2.43. The van der Waals surface area contributed by atoms with E-state index in [0.29, 0.717) is 12.0 Å². The summed E-state index contributed by atoms with van der Waals surface area (Å²) in [5.74, 6) is 2.38. The highest BCUT2D eigenvalue weighted by Gasteiger charge is 2.33. The first-order chi connectivity index (χ1) is 9.67. The molecule has 0 saturated heterocycles. The van der Waals surface area contributed by atoms with Gasteiger partial charge in [0.1, 0.15) is 5.75 Å². The van der Waals surface area contributed by atoms with Crippen molar-refractivity contribution in [1.82, 2.24) is 5.32 Å². The Morgan fingerprint density at radius 3 is 2.80 bits per heavy atom. The van der Waals surface area contributed by atoms with Crippen LogP contribution in [0.2, 0.25) is 5.02 Å². The molecule has 1 aliphatic carbocycles. The van der Waals surface area contributed by atoms with E-state index in [9.17, 15) is 0 Å². The lowest BCUT2D eigenvalue weighted by Crippen LogP contribution is -2.30. The van der Waals surface area contributed by atoms with Crippen LogP contribution in [0.25, 0.3) is 0 Å². The minimum absolute atomic E-state index is 0.348. The summed E-state index contributed by atoms with van der Waals surface area (Å²) < 4.78 is 5.56. The Kier molecular flexibility index (Phi) is 5.74. The molecule has 3 atom stereocenters. The maximum absolute atomic E-state index is 6.21. The van der Waals surface area contributed by atoms with E-state index >= 15 is 0 Å². The molecule has 1 fully saturated rings. The zero-order valence-corrected chi connectivity index (χ0v) is 13.5. The zero-order valence-electron chi connectivity index (χ0n) is 12.8. The molecule has 2 rings (SSSR count). The number of benzene rings is 1. The second-order valence-corrected chi connectivity index (χ2v) is 6.33. The van der Waals surface area contributed by atoms with Crippen LogP contribution in [0, 0.1) is 11.8 Å². The molecule has 1 aliphatic rings. The molecule has 20 heavy (non-hydrogen) atoms. The summed E-state index contributed by atoms with van der Waals surface area (Å²) in [6, 6.07) is 6.30. The first-order valence-corrected chi connectivity index (χ1v) is 8.12. The van der Waals surface area contributed by atoms with Crippen LogP contribution in [0.4, 0.5) is 0 Å². The Morgan fingerprint density at radius 1 is 1.40 bits per heavy atom. The van der Waals surface area contributed by atoms with Gasteiger partial charge in [-0.3, -0.25) is 0 Å². The maximum Gasteiger partial charge on any atom is 0.123 e. The Hall–Kier alpha value is -0.730. The minimum atomic E-state index is 0.348. The largest absolute Gasteiger partial charge is 0.496 e. The SMILES string of the molecule is CCCNC(c1cc(Cl)ccc1OC)C1CCCC1C. The van der Waals surface area contributed by atoms with Gasteiger partial charge in [0, 0.05) is 16.6 Å². The van der Waals surface area contributed by atoms with Crippen molar-refractivity contribution in [3.63, 3.8) is 0 Å². The molecule has 2 nitrogen and oxygen atoms in total. The number of halogens is 1. The van der Waals surface area contributed by atoms with Crippen LogP contribution in [-0.4, -0.2) is 13.7 Å². The third-order valence-electron chi connectivity index (χ3n) is 4.50. The maximum atomic E-state index is 6.21. The minimum Gasteiger partial charge on any atom is -0.496 e. The quantitative estimate of drug-likeness (QED) is 0.812. The van der Waals surface area contributed by atoms with Crippen LogP contribution < -0.4 is 10.1 Å². The van der Waals surface area contributed by atoms with E-state index in [2.05, 4.69) is 25.2 Å². The average molecular weight is 296 g/mol. The van der Waals surface area contributed by atoms with Gasteiger partial charge in [-0.05, 0) is 49.4 Å². The fourth-order valence-electron chi connectivity index (χ4n) is 3.41. The smallest absolute Gasteiger partial charge is 0.123 e. The van der Waals surface area contributed by atoms with Crippen LogP contribution in [0.15, 0.2) is 18.2 Å². The molecular formula is C17H26ClNO. The van der Waals surface area contributed by atoms with Gasteiger partial charge in [0.2, 0.25) is 0 Å². The fourth-order valence-corrected chi connectivity index (χ4v) is 3.59. The van der Waals surface area contributed by atoms with Gasteiger partial charge in [-0.25, -0.2) is 0 Å². The molecule has 112 valence electrons. The molecule has 1 aromatic carbocycles. The lowest BCUT2D eigenvalue weighted by Gasteiger charge is -2.30. The van der Waals surface area contributed by atoms with Crippen LogP contribution in [-0.2, 0) is 0 Å². The van der Waals surface area contributed by atoms with E-state index in [1.807, 2.05) is 12.1 Å². The molecule has 0 spiro atoms. The first kappa shape index (κ1) is 15.7. The second kappa shape index (κ2) is 7.33. The lowest BCUT2D eigenvalue weighted by molar-refractivity contribution is 0.293. The molecule has 0 aromatic heterocycles. The van der Waals surface area contributed by atoms with Gasteiger partial charge in [0.15, 0.2) is 0 Å². The molecule has 0 amide bonds. The van der Waals surface area contributed by atoms with Crippen LogP contribution in [0.3, 0.4) is 0 Å². The second-order valence-electron chi connectivity index (χ2n) is 5.89. The third-order valence-corrected chi connectivity index (χ3v) is 4.73. The van der Waals surface area contributed by atoms with E-state index in [1.165, 1.54) is 24.8 Å². The predicted octanol–water partition coefficient (Wildman–Crippen LogP) is 4.83. The standard InChI is InChI=1S/C17H26ClNO/c1-4-10-19-17(14-7-5-6-12(14)2)15-11-13(18)8-9-16(15)20-3/h8-9,11-12,14,17,19H,4-7,10H2,1-3H3. The van der Waals surface area contributed by atoms with Crippen molar-refractivity contribution < 1.29 is 4.74 Å². The summed E-state index contributed by atoms with van der Waals surface area (Å²) in [5.41, 5.74) is 1.22. The van der Waals surface area contributed by atoms with Crippen LogP contribution in [0.5, 0.6) is 5.75 Å². The van der Waals surface area contributed by atoms with E-state index in [1.54, 1.807) is 7.11 Å². The molecule has 3 heteroatoms. The lowest BCUT2D eigenvalue weighted by atomic mass is 9.85. The van der Waals surface area contributed by atoms with Gasteiger partial charge in [-0.1, -0.05) is 38.3 Å². The highest BCUT2D eigenvalue weighted by atomic mass is 35.5. The fraction of sp³-hybridized carbons (Fsp3) is 0.647. The molecule has 0 aliphatic heterocycles. The molecule has 1 N–H and O–H groups in total. The number of ether oxygens (including phenoxy) is 1.